The fourth-order valence-electron chi connectivity index (χ4n) is 1.74. The van der Waals surface area contributed by atoms with Gasteiger partial charge in [-0.05, 0) is 11.8 Å². The van der Waals surface area contributed by atoms with Gasteiger partial charge in [0.15, 0.2) is 5.69 Å². The molecule has 0 aliphatic rings. The molecule has 2 aromatic rings. The highest BCUT2D eigenvalue weighted by Gasteiger charge is 2.18. The van der Waals surface area contributed by atoms with Crippen LogP contribution in [0.3, 0.4) is 0 Å². The molecule has 0 saturated heterocycles. The fourth-order valence-corrected chi connectivity index (χ4v) is 2.86. The third-order valence-electron chi connectivity index (χ3n) is 2.51. The Morgan fingerprint density at radius 3 is 2.59 bits per heavy atom. The van der Waals surface area contributed by atoms with Gasteiger partial charge in [-0.25, -0.2) is 4.98 Å². The van der Waals surface area contributed by atoms with Crippen LogP contribution in [-0.4, -0.2) is 14.6 Å². The first-order valence-electron chi connectivity index (χ1n) is 5.81. The predicted octanol–water partition coefficient (Wildman–Crippen LogP) is 2.98. The SMILES string of the molecule is CC(C)Cc1nn2c(C#N)c(C(C)C)nc2s1. The van der Waals surface area contributed by atoms with Crippen molar-refractivity contribution in [3.8, 4) is 6.07 Å². The average Bonchev–Trinajstić information content (AvgIpc) is 2.72. The molecule has 0 bridgehead atoms. The quantitative estimate of drug-likeness (QED) is 0.839. The van der Waals surface area contributed by atoms with Gasteiger partial charge in [0.1, 0.15) is 11.1 Å². The first kappa shape index (κ1) is 12.1. The molecule has 0 unspecified atom stereocenters. The standard InChI is InChI=1S/C12H16N4S/c1-7(2)5-10-15-16-9(6-13)11(8(3)4)14-12(16)17-10/h7-8H,5H2,1-4H3. The molecule has 2 heterocycles. The molecule has 0 fully saturated rings. The summed E-state index contributed by atoms with van der Waals surface area (Å²) in [5.74, 6) is 0.827. The van der Waals surface area contributed by atoms with Crippen molar-refractivity contribution in [3.63, 3.8) is 0 Å². The summed E-state index contributed by atoms with van der Waals surface area (Å²) in [5.41, 5.74) is 1.43. The molecule has 0 N–H and O–H groups in total. The summed E-state index contributed by atoms with van der Waals surface area (Å²) in [6.45, 7) is 8.41. The number of rotatable bonds is 3. The van der Waals surface area contributed by atoms with E-state index in [-0.39, 0.29) is 5.92 Å². The first-order chi connectivity index (χ1) is 8.02. The van der Waals surface area contributed by atoms with Gasteiger partial charge >= 0.3 is 0 Å². The Balaban J connectivity index is 2.51. The molecule has 0 aliphatic heterocycles. The van der Waals surface area contributed by atoms with E-state index in [2.05, 4.69) is 30.0 Å². The number of hydrogen-bond donors (Lipinski definition) is 0. The molecule has 0 amide bonds. The maximum atomic E-state index is 9.20. The van der Waals surface area contributed by atoms with Gasteiger partial charge in [-0.3, -0.25) is 0 Å². The van der Waals surface area contributed by atoms with Gasteiger partial charge in [0, 0.05) is 6.42 Å². The number of nitriles is 1. The molecule has 0 aromatic carbocycles. The van der Waals surface area contributed by atoms with Gasteiger partial charge in [-0.15, -0.1) is 0 Å². The van der Waals surface area contributed by atoms with Crippen molar-refractivity contribution in [1.82, 2.24) is 14.6 Å². The van der Waals surface area contributed by atoms with Crippen molar-refractivity contribution < 1.29 is 0 Å². The molecule has 0 atom stereocenters. The summed E-state index contributed by atoms with van der Waals surface area (Å²) in [4.78, 5) is 5.34. The van der Waals surface area contributed by atoms with Gasteiger partial charge in [0.05, 0.1) is 5.69 Å². The van der Waals surface area contributed by atoms with Gasteiger partial charge in [0.25, 0.3) is 0 Å². The summed E-state index contributed by atoms with van der Waals surface area (Å²) in [6, 6.07) is 2.21. The summed E-state index contributed by atoms with van der Waals surface area (Å²) in [6.07, 6.45) is 0.940. The molecule has 2 aromatic heterocycles. The number of aromatic nitrogens is 3. The van der Waals surface area contributed by atoms with Crippen LogP contribution < -0.4 is 0 Å². The van der Waals surface area contributed by atoms with E-state index < -0.39 is 0 Å². The van der Waals surface area contributed by atoms with Crippen molar-refractivity contribution in [1.29, 1.82) is 5.26 Å². The van der Waals surface area contributed by atoms with Gasteiger partial charge in [0.2, 0.25) is 4.96 Å². The smallest absolute Gasteiger partial charge is 0.213 e. The number of nitrogens with zero attached hydrogens (tertiary/aromatic N) is 4. The third-order valence-corrected chi connectivity index (χ3v) is 3.44. The van der Waals surface area contributed by atoms with Gasteiger partial charge < -0.3 is 0 Å². The molecule has 0 spiro atoms. The zero-order valence-electron chi connectivity index (χ0n) is 10.6. The van der Waals surface area contributed by atoms with E-state index in [1.807, 2.05) is 13.8 Å². The maximum Gasteiger partial charge on any atom is 0.213 e. The highest BCUT2D eigenvalue weighted by Crippen LogP contribution is 2.24. The average molecular weight is 248 g/mol. The molecule has 4 nitrogen and oxygen atoms in total. The molecule has 17 heavy (non-hydrogen) atoms. The minimum absolute atomic E-state index is 0.257. The first-order valence-corrected chi connectivity index (χ1v) is 6.63. The van der Waals surface area contributed by atoms with E-state index in [4.69, 9.17) is 0 Å². The number of imidazole rings is 1. The van der Waals surface area contributed by atoms with Crippen LogP contribution in [0.15, 0.2) is 0 Å². The highest BCUT2D eigenvalue weighted by molar-refractivity contribution is 7.16. The Labute approximate surface area is 105 Å². The molecule has 0 radical (unpaired) electrons. The Hall–Kier alpha value is -1.41. The van der Waals surface area contributed by atoms with Crippen LogP contribution in [-0.2, 0) is 6.42 Å². The van der Waals surface area contributed by atoms with E-state index in [1.165, 1.54) is 0 Å². The zero-order chi connectivity index (χ0) is 12.6. The van der Waals surface area contributed by atoms with E-state index in [9.17, 15) is 5.26 Å². The second-order valence-electron chi connectivity index (χ2n) is 4.90. The van der Waals surface area contributed by atoms with Crippen LogP contribution >= 0.6 is 11.3 Å². The van der Waals surface area contributed by atoms with E-state index in [0.717, 1.165) is 22.1 Å². The van der Waals surface area contributed by atoms with E-state index >= 15 is 0 Å². The van der Waals surface area contributed by atoms with Crippen molar-refractivity contribution in [2.75, 3.05) is 0 Å². The van der Waals surface area contributed by atoms with Crippen LogP contribution in [0.4, 0.5) is 0 Å². The Bertz CT molecular complexity index is 571. The topological polar surface area (TPSA) is 54.0 Å². The Morgan fingerprint density at radius 2 is 2.06 bits per heavy atom. The zero-order valence-corrected chi connectivity index (χ0v) is 11.4. The summed E-state index contributed by atoms with van der Waals surface area (Å²) in [7, 11) is 0. The van der Waals surface area contributed by atoms with Crippen LogP contribution in [0.1, 0.15) is 50.0 Å². The minimum Gasteiger partial charge on any atom is -0.221 e. The van der Waals surface area contributed by atoms with Gasteiger partial charge in [-0.1, -0.05) is 39.0 Å². The largest absolute Gasteiger partial charge is 0.221 e. The molecule has 90 valence electrons. The lowest BCUT2D eigenvalue weighted by atomic mass is 10.1. The molecular formula is C12H16N4S. The lowest BCUT2D eigenvalue weighted by Crippen LogP contribution is -1.98. The lowest BCUT2D eigenvalue weighted by molar-refractivity contribution is 0.636. The normalized spacial score (nSPS) is 11.6. The minimum atomic E-state index is 0.257. The second-order valence-corrected chi connectivity index (χ2v) is 5.94. The van der Waals surface area contributed by atoms with E-state index in [0.29, 0.717) is 11.6 Å². The van der Waals surface area contributed by atoms with Crippen LogP contribution in [0, 0.1) is 17.2 Å². The maximum absolute atomic E-state index is 9.20. The molecular weight excluding hydrogens is 232 g/mol. The molecule has 2 rings (SSSR count). The predicted molar refractivity (Wildman–Crippen MR) is 68.2 cm³/mol. The summed E-state index contributed by atoms with van der Waals surface area (Å²) < 4.78 is 1.69. The van der Waals surface area contributed by atoms with Crippen LogP contribution in [0.2, 0.25) is 0 Å². The lowest BCUT2D eigenvalue weighted by Gasteiger charge is -2.00. The molecule has 0 saturated carbocycles. The van der Waals surface area contributed by atoms with Crippen molar-refractivity contribution >= 4 is 16.3 Å². The summed E-state index contributed by atoms with van der Waals surface area (Å²) in [5, 5.41) is 14.7. The van der Waals surface area contributed by atoms with Crippen molar-refractivity contribution in [2.45, 2.75) is 40.0 Å². The number of hydrogen-bond acceptors (Lipinski definition) is 4. The molecule has 5 heteroatoms. The molecule has 0 aliphatic carbocycles. The second kappa shape index (κ2) is 4.46. The number of fused-ring (bicyclic) bond motifs is 1. The van der Waals surface area contributed by atoms with E-state index in [1.54, 1.807) is 15.9 Å². The Kier molecular flexibility index (Phi) is 3.16. The highest BCUT2D eigenvalue weighted by atomic mass is 32.1. The third kappa shape index (κ3) is 2.18. The fraction of sp³-hybridized carbons (Fsp3) is 0.583. The van der Waals surface area contributed by atoms with Crippen LogP contribution in [0.25, 0.3) is 4.96 Å². The Morgan fingerprint density at radius 1 is 1.35 bits per heavy atom. The summed E-state index contributed by atoms with van der Waals surface area (Å²) >= 11 is 1.58. The van der Waals surface area contributed by atoms with Crippen molar-refractivity contribution in [2.24, 2.45) is 5.92 Å². The monoisotopic (exact) mass is 248 g/mol. The van der Waals surface area contributed by atoms with Gasteiger partial charge in [-0.2, -0.15) is 14.9 Å². The van der Waals surface area contributed by atoms with Crippen LogP contribution in [0.5, 0.6) is 0 Å². The van der Waals surface area contributed by atoms with Crippen molar-refractivity contribution in [3.05, 3.63) is 16.4 Å².